The fourth-order valence-electron chi connectivity index (χ4n) is 3.59. The Morgan fingerprint density at radius 2 is 1.82 bits per heavy atom. The Hall–Kier alpha value is -0.860. The van der Waals surface area contributed by atoms with E-state index in [0.29, 0.717) is 12.5 Å². The third kappa shape index (κ3) is 1.62. The lowest BCUT2D eigenvalue weighted by atomic mass is 9.84. The highest BCUT2D eigenvalue weighted by molar-refractivity contribution is 6.15. The van der Waals surface area contributed by atoms with Crippen LogP contribution < -0.4 is 0 Å². The number of carbonyl (C=O) groups excluding carboxylic acids is 2. The highest BCUT2D eigenvalue weighted by Gasteiger charge is 2.62. The summed E-state index contributed by atoms with van der Waals surface area (Å²) >= 11 is 0. The van der Waals surface area contributed by atoms with Crippen LogP contribution in [-0.2, 0) is 9.59 Å². The van der Waals surface area contributed by atoms with Crippen molar-refractivity contribution in [1.82, 2.24) is 4.90 Å². The molecule has 0 N–H and O–H groups in total. The van der Waals surface area contributed by atoms with E-state index in [1.807, 2.05) is 4.90 Å². The first-order chi connectivity index (χ1) is 8.15. The van der Waals surface area contributed by atoms with Gasteiger partial charge >= 0.3 is 0 Å². The Balaban J connectivity index is 1.72. The molecule has 1 saturated heterocycles. The van der Waals surface area contributed by atoms with E-state index in [-0.39, 0.29) is 17.7 Å². The molecule has 3 fully saturated rings. The maximum atomic E-state index is 12.3. The van der Waals surface area contributed by atoms with E-state index in [1.165, 1.54) is 32.1 Å². The van der Waals surface area contributed by atoms with Gasteiger partial charge in [-0.15, -0.1) is 0 Å². The lowest BCUT2D eigenvalue weighted by Crippen LogP contribution is -2.41. The molecule has 0 radical (unpaired) electrons. The van der Waals surface area contributed by atoms with Crippen molar-refractivity contribution in [3.8, 4) is 0 Å². The molecule has 3 heteroatoms. The number of carbonyl (C=O) groups is 2. The summed E-state index contributed by atoms with van der Waals surface area (Å²) in [6.07, 6.45) is 7.97. The fraction of sp³-hybridized carbons (Fsp3) is 0.857. The second-order valence-electron chi connectivity index (χ2n) is 6.08. The van der Waals surface area contributed by atoms with E-state index in [4.69, 9.17) is 0 Å². The molecule has 3 nitrogen and oxygen atoms in total. The molecule has 1 amide bonds. The molecule has 1 spiro atoms. The molecule has 1 atom stereocenters. The minimum Gasteiger partial charge on any atom is -0.331 e. The van der Waals surface area contributed by atoms with E-state index in [2.05, 4.69) is 6.92 Å². The molecule has 3 aliphatic rings. The number of amides is 1. The summed E-state index contributed by atoms with van der Waals surface area (Å²) < 4.78 is 0. The number of hydrogen-bond donors (Lipinski definition) is 0. The summed E-state index contributed by atoms with van der Waals surface area (Å²) in [5.74, 6) is 0.945. The topological polar surface area (TPSA) is 37.4 Å². The highest BCUT2D eigenvalue weighted by atomic mass is 16.2. The molecule has 17 heavy (non-hydrogen) atoms. The van der Waals surface area contributed by atoms with Crippen molar-refractivity contribution in [2.24, 2.45) is 11.3 Å². The Labute approximate surface area is 103 Å². The fourth-order valence-corrected chi connectivity index (χ4v) is 3.59. The van der Waals surface area contributed by atoms with Crippen molar-refractivity contribution in [2.45, 2.75) is 57.9 Å². The number of ketones is 1. The minimum atomic E-state index is -0.539. The molecule has 1 aliphatic heterocycles. The second kappa shape index (κ2) is 3.82. The van der Waals surface area contributed by atoms with E-state index in [9.17, 15) is 9.59 Å². The quantitative estimate of drug-likeness (QED) is 0.688. The van der Waals surface area contributed by atoms with Gasteiger partial charge in [0, 0.05) is 6.04 Å². The van der Waals surface area contributed by atoms with Gasteiger partial charge in [-0.25, -0.2) is 0 Å². The lowest BCUT2D eigenvalue weighted by molar-refractivity contribution is -0.135. The van der Waals surface area contributed by atoms with Crippen LogP contribution in [0.4, 0.5) is 0 Å². The zero-order valence-electron chi connectivity index (χ0n) is 10.6. The van der Waals surface area contributed by atoms with Crippen molar-refractivity contribution in [3.63, 3.8) is 0 Å². The zero-order valence-corrected chi connectivity index (χ0v) is 10.6. The summed E-state index contributed by atoms with van der Waals surface area (Å²) in [6, 6.07) is 0.270. The first-order valence-corrected chi connectivity index (χ1v) is 6.99. The molecule has 3 rings (SSSR count). The molecular formula is C14H21NO2. The van der Waals surface area contributed by atoms with Crippen molar-refractivity contribution >= 4 is 11.7 Å². The molecule has 0 aromatic rings. The van der Waals surface area contributed by atoms with Crippen molar-refractivity contribution in [1.29, 1.82) is 0 Å². The Morgan fingerprint density at radius 3 is 2.35 bits per heavy atom. The molecule has 1 heterocycles. The largest absolute Gasteiger partial charge is 0.331 e. The molecule has 0 aromatic carbocycles. The molecule has 1 unspecified atom stereocenters. The molecule has 2 saturated carbocycles. The predicted octanol–water partition coefficient (Wildman–Crippen LogP) is 2.15. The van der Waals surface area contributed by atoms with Gasteiger partial charge in [0.05, 0.1) is 6.54 Å². The zero-order chi connectivity index (χ0) is 12.0. The normalized spacial score (nSPS) is 30.1. The van der Waals surface area contributed by atoms with Gasteiger partial charge in [0.1, 0.15) is 5.41 Å². The maximum absolute atomic E-state index is 12.3. The van der Waals surface area contributed by atoms with Gasteiger partial charge in [0.25, 0.3) is 0 Å². The summed E-state index contributed by atoms with van der Waals surface area (Å²) in [7, 11) is 0. The molecule has 0 aromatic heterocycles. The third-order valence-electron chi connectivity index (χ3n) is 5.09. The Morgan fingerprint density at radius 1 is 1.18 bits per heavy atom. The van der Waals surface area contributed by atoms with Crippen LogP contribution in [0.15, 0.2) is 0 Å². The maximum Gasteiger partial charge on any atom is 0.236 e. The number of likely N-dealkylation sites (tertiary alicyclic amines) is 1. The predicted molar refractivity (Wildman–Crippen MR) is 64.4 cm³/mol. The van der Waals surface area contributed by atoms with Crippen molar-refractivity contribution < 1.29 is 9.59 Å². The van der Waals surface area contributed by atoms with Crippen LogP contribution in [0.25, 0.3) is 0 Å². The molecule has 0 bridgehead atoms. The monoisotopic (exact) mass is 235 g/mol. The van der Waals surface area contributed by atoms with Gasteiger partial charge in [-0.1, -0.05) is 19.3 Å². The number of nitrogens with zero attached hydrogens (tertiary/aromatic N) is 1. The van der Waals surface area contributed by atoms with Crippen LogP contribution in [0.3, 0.4) is 0 Å². The number of Topliss-reactive ketones (excluding diaryl/α,β-unsaturated/α-hetero) is 1. The van der Waals surface area contributed by atoms with Crippen molar-refractivity contribution in [2.75, 3.05) is 6.54 Å². The van der Waals surface area contributed by atoms with Crippen LogP contribution in [0, 0.1) is 11.3 Å². The summed E-state index contributed by atoms with van der Waals surface area (Å²) in [6.45, 7) is 2.53. The van der Waals surface area contributed by atoms with Gasteiger partial charge in [-0.2, -0.15) is 0 Å². The SMILES string of the molecule is CC(C1CCCCC1)N1CC(=O)C2(CC2)C1=O. The second-order valence-corrected chi connectivity index (χ2v) is 6.08. The number of rotatable bonds is 2. The van der Waals surface area contributed by atoms with Gasteiger partial charge in [-0.05, 0) is 38.5 Å². The van der Waals surface area contributed by atoms with E-state index >= 15 is 0 Å². The van der Waals surface area contributed by atoms with Gasteiger partial charge in [-0.3, -0.25) is 9.59 Å². The molecular weight excluding hydrogens is 214 g/mol. The van der Waals surface area contributed by atoms with Crippen LogP contribution >= 0.6 is 0 Å². The third-order valence-corrected chi connectivity index (χ3v) is 5.09. The smallest absolute Gasteiger partial charge is 0.236 e. The first kappa shape index (κ1) is 11.2. The van der Waals surface area contributed by atoms with E-state index < -0.39 is 5.41 Å². The van der Waals surface area contributed by atoms with Gasteiger partial charge in [0.2, 0.25) is 5.91 Å². The minimum absolute atomic E-state index is 0.139. The van der Waals surface area contributed by atoms with Crippen LogP contribution in [0.1, 0.15) is 51.9 Å². The Bertz CT molecular complexity index is 353. The summed E-state index contributed by atoms with van der Waals surface area (Å²) in [5.41, 5.74) is -0.539. The highest BCUT2D eigenvalue weighted by Crippen LogP contribution is 2.52. The molecule has 2 aliphatic carbocycles. The standard InChI is InChI=1S/C14H21NO2/c1-10(11-5-3-2-4-6-11)15-9-12(16)14(7-8-14)13(15)17/h10-11H,2-9H2,1H3. The van der Waals surface area contributed by atoms with E-state index in [1.54, 1.807) is 0 Å². The van der Waals surface area contributed by atoms with Crippen LogP contribution in [0.2, 0.25) is 0 Å². The summed E-state index contributed by atoms with van der Waals surface area (Å²) in [5, 5.41) is 0. The van der Waals surface area contributed by atoms with Crippen molar-refractivity contribution in [3.05, 3.63) is 0 Å². The number of hydrogen-bond acceptors (Lipinski definition) is 2. The lowest BCUT2D eigenvalue weighted by Gasteiger charge is -2.34. The van der Waals surface area contributed by atoms with Gasteiger partial charge in [0.15, 0.2) is 5.78 Å². The van der Waals surface area contributed by atoms with Crippen LogP contribution in [-0.4, -0.2) is 29.2 Å². The van der Waals surface area contributed by atoms with Gasteiger partial charge < -0.3 is 4.90 Å². The molecule has 94 valence electrons. The Kier molecular flexibility index (Phi) is 2.53. The average Bonchev–Trinajstić information content (AvgIpc) is 3.12. The summed E-state index contributed by atoms with van der Waals surface area (Å²) in [4.78, 5) is 26.1. The van der Waals surface area contributed by atoms with E-state index in [0.717, 1.165) is 12.8 Å². The average molecular weight is 235 g/mol. The first-order valence-electron chi connectivity index (χ1n) is 6.99. The van der Waals surface area contributed by atoms with Crippen LogP contribution in [0.5, 0.6) is 0 Å².